The van der Waals surface area contributed by atoms with Crippen LogP contribution in [0.5, 0.6) is 0 Å². The predicted octanol–water partition coefficient (Wildman–Crippen LogP) is 3.30. The van der Waals surface area contributed by atoms with Crippen LogP contribution in [0.1, 0.15) is 34.6 Å². The molecule has 2 heterocycles. The lowest BCUT2D eigenvalue weighted by molar-refractivity contribution is 0.0951. The molecule has 0 spiro atoms. The van der Waals surface area contributed by atoms with Crippen molar-refractivity contribution in [2.45, 2.75) is 32.4 Å². The number of aryl methyl sites for hydroxylation is 2. The first kappa shape index (κ1) is 14.0. The predicted molar refractivity (Wildman–Crippen MR) is 90.3 cm³/mol. The fourth-order valence-electron chi connectivity index (χ4n) is 3.19. The lowest BCUT2D eigenvalue weighted by Gasteiger charge is -2.13. The second-order valence-corrected chi connectivity index (χ2v) is 6.01. The van der Waals surface area contributed by atoms with Crippen LogP contribution in [-0.4, -0.2) is 15.5 Å². The highest BCUT2D eigenvalue weighted by Gasteiger charge is 2.15. The number of fused-ring (bicyclic) bond motifs is 3. The van der Waals surface area contributed by atoms with Crippen molar-refractivity contribution >= 4 is 16.9 Å². The minimum Gasteiger partial charge on any atom is -0.348 e. The molecule has 2 aromatic carbocycles. The Bertz CT molecular complexity index is 852. The van der Waals surface area contributed by atoms with Gasteiger partial charge in [-0.1, -0.05) is 30.3 Å². The maximum absolute atomic E-state index is 12.4. The first-order valence-electron chi connectivity index (χ1n) is 8.12. The summed E-state index contributed by atoms with van der Waals surface area (Å²) in [5.41, 5.74) is 3.83. The number of rotatable bonds is 3. The van der Waals surface area contributed by atoms with E-state index in [1.807, 2.05) is 48.5 Å². The number of carbonyl (C=O) groups is 1. The number of nitrogens with one attached hydrogen (secondary N) is 1. The lowest BCUT2D eigenvalue weighted by atomic mass is 10.1. The average Bonchev–Trinajstić information content (AvgIpc) is 2.98. The molecule has 0 unspecified atom stereocenters. The molecule has 0 saturated carbocycles. The number of hydrogen-bond donors (Lipinski definition) is 1. The quantitative estimate of drug-likeness (QED) is 0.807. The molecular weight excluding hydrogens is 286 g/mol. The van der Waals surface area contributed by atoms with Crippen LogP contribution in [0.2, 0.25) is 0 Å². The van der Waals surface area contributed by atoms with E-state index in [1.165, 1.54) is 12.8 Å². The molecule has 4 rings (SSSR count). The molecule has 0 atom stereocenters. The van der Waals surface area contributed by atoms with E-state index >= 15 is 0 Å². The molecule has 1 aromatic heterocycles. The zero-order valence-corrected chi connectivity index (χ0v) is 13.0. The van der Waals surface area contributed by atoms with E-state index in [0.717, 1.165) is 35.4 Å². The molecule has 0 radical (unpaired) electrons. The van der Waals surface area contributed by atoms with Crippen LogP contribution in [0.15, 0.2) is 48.5 Å². The molecular formula is C19H19N3O. The molecule has 0 saturated heterocycles. The van der Waals surface area contributed by atoms with Gasteiger partial charge in [-0.2, -0.15) is 0 Å². The second-order valence-electron chi connectivity index (χ2n) is 6.01. The Morgan fingerprint density at radius 2 is 2.00 bits per heavy atom. The topological polar surface area (TPSA) is 46.9 Å². The minimum atomic E-state index is -0.0540. The van der Waals surface area contributed by atoms with Gasteiger partial charge >= 0.3 is 0 Å². The van der Waals surface area contributed by atoms with E-state index in [2.05, 4.69) is 9.88 Å². The zero-order chi connectivity index (χ0) is 15.6. The Kier molecular flexibility index (Phi) is 3.58. The number of benzene rings is 2. The summed E-state index contributed by atoms with van der Waals surface area (Å²) in [7, 11) is 0. The molecule has 116 valence electrons. The molecule has 1 aliphatic heterocycles. The van der Waals surface area contributed by atoms with E-state index in [-0.39, 0.29) is 5.91 Å². The van der Waals surface area contributed by atoms with Crippen molar-refractivity contribution in [2.24, 2.45) is 0 Å². The van der Waals surface area contributed by atoms with Gasteiger partial charge in [-0.25, -0.2) is 4.98 Å². The van der Waals surface area contributed by atoms with Gasteiger partial charge in [0.15, 0.2) is 0 Å². The third kappa shape index (κ3) is 2.72. The van der Waals surface area contributed by atoms with Crippen LogP contribution in [0, 0.1) is 0 Å². The van der Waals surface area contributed by atoms with E-state index in [9.17, 15) is 4.79 Å². The highest BCUT2D eigenvalue weighted by Crippen LogP contribution is 2.23. The van der Waals surface area contributed by atoms with Gasteiger partial charge in [0.05, 0.1) is 11.0 Å². The molecule has 4 nitrogen and oxygen atoms in total. The molecule has 3 aromatic rings. The Morgan fingerprint density at radius 1 is 1.13 bits per heavy atom. The lowest BCUT2D eigenvalue weighted by Crippen LogP contribution is -2.22. The van der Waals surface area contributed by atoms with E-state index in [0.29, 0.717) is 12.1 Å². The van der Waals surface area contributed by atoms with Crippen LogP contribution in [0.4, 0.5) is 0 Å². The summed E-state index contributed by atoms with van der Waals surface area (Å²) in [6, 6.07) is 15.8. The van der Waals surface area contributed by atoms with Gasteiger partial charge < -0.3 is 9.88 Å². The van der Waals surface area contributed by atoms with Crippen LogP contribution in [0.25, 0.3) is 11.0 Å². The van der Waals surface area contributed by atoms with Gasteiger partial charge in [-0.3, -0.25) is 4.79 Å². The number of amides is 1. The Hall–Kier alpha value is -2.62. The van der Waals surface area contributed by atoms with E-state index < -0.39 is 0 Å². The number of carbonyl (C=O) groups excluding carboxylic acids is 1. The summed E-state index contributed by atoms with van der Waals surface area (Å²) in [6.07, 6.45) is 3.44. The second kappa shape index (κ2) is 5.88. The Balaban J connectivity index is 1.55. The largest absolute Gasteiger partial charge is 0.348 e. The Morgan fingerprint density at radius 3 is 2.87 bits per heavy atom. The smallest absolute Gasteiger partial charge is 0.251 e. The summed E-state index contributed by atoms with van der Waals surface area (Å²) >= 11 is 0. The molecule has 1 amide bonds. The fraction of sp³-hybridized carbons (Fsp3) is 0.263. The summed E-state index contributed by atoms with van der Waals surface area (Å²) in [5.74, 6) is 1.09. The molecule has 0 aliphatic carbocycles. The van der Waals surface area contributed by atoms with Crippen molar-refractivity contribution in [2.75, 3.05) is 0 Å². The first-order chi connectivity index (χ1) is 11.3. The van der Waals surface area contributed by atoms with Crippen LogP contribution in [0.3, 0.4) is 0 Å². The normalized spacial score (nSPS) is 13.7. The van der Waals surface area contributed by atoms with Crippen LogP contribution < -0.4 is 5.32 Å². The summed E-state index contributed by atoms with van der Waals surface area (Å²) in [6.45, 7) is 1.57. The van der Waals surface area contributed by atoms with Crippen molar-refractivity contribution in [3.05, 3.63) is 65.5 Å². The molecule has 1 aliphatic rings. The number of nitrogens with zero attached hydrogens (tertiary/aromatic N) is 2. The number of aromatic nitrogens is 2. The number of hydrogen-bond acceptors (Lipinski definition) is 2. The summed E-state index contributed by atoms with van der Waals surface area (Å²) in [4.78, 5) is 17.1. The third-order valence-electron chi connectivity index (χ3n) is 4.42. The van der Waals surface area contributed by atoms with Gasteiger partial charge in [0.2, 0.25) is 0 Å². The van der Waals surface area contributed by atoms with E-state index in [1.54, 1.807) is 0 Å². The molecule has 4 heteroatoms. The fourth-order valence-corrected chi connectivity index (χ4v) is 3.19. The van der Waals surface area contributed by atoms with Crippen molar-refractivity contribution in [3.8, 4) is 0 Å². The van der Waals surface area contributed by atoms with Crippen molar-refractivity contribution < 1.29 is 4.79 Å². The maximum Gasteiger partial charge on any atom is 0.251 e. The third-order valence-corrected chi connectivity index (χ3v) is 4.42. The van der Waals surface area contributed by atoms with Gasteiger partial charge in [0, 0.05) is 25.1 Å². The average molecular weight is 305 g/mol. The highest BCUT2D eigenvalue weighted by atomic mass is 16.1. The Labute approximate surface area is 135 Å². The molecule has 0 bridgehead atoms. The van der Waals surface area contributed by atoms with Gasteiger partial charge in [0.25, 0.3) is 5.91 Å². The van der Waals surface area contributed by atoms with Crippen molar-refractivity contribution in [3.63, 3.8) is 0 Å². The van der Waals surface area contributed by atoms with Gasteiger partial charge in [0.1, 0.15) is 5.82 Å². The summed E-state index contributed by atoms with van der Waals surface area (Å²) < 4.78 is 2.28. The standard InChI is InChI=1S/C19H19N3O/c23-19(20-13-14-6-2-1-3-7-14)15-9-10-17-16(12-15)21-18-8-4-5-11-22(17)18/h1-3,6-7,9-10,12H,4-5,8,11,13H2,(H,20,23). The molecule has 0 fully saturated rings. The van der Waals surface area contributed by atoms with Gasteiger partial charge in [-0.05, 0) is 36.6 Å². The van der Waals surface area contributed by atoms with Crippen molar-refractivity contribution in [1.82, 2.24) is 14.9 Å². The van der Waals surface area contributed by atoms with Crippen LogP contribution >= 0.6 is 0 Å². The zero-order valence-electron chi connectivity index (χ0n) is 13.0. The molecule has 1 N–H and O–H groups in total. The first-order valence-corrected chi connectivity index (χ1v) is 8.12. The minimum absolute atomic E-state index is 0.0540. The molecule has 23 heavy (non-hydrogen) atoms. The monoisotopic (exact) mass is 305 g/mol. The van der Waals surface area contributed by atoms with Crippen LogP contribution in [-0.2, 0) is 19.5 Å². The maximum atomic E-state index is 12.4. The van der Waals surface area contributed by atoms with Crippen molar-refractivity contribution in [1.29, 1.82) is 0 Å². The SMILES string of the molecule is O=C(NCc1ccccc1)c1ccc2c(c1)nc1n2CCCC1. The van der Waals surface area contributed by atoms with E-state index in [4.69, 9.17) is 4.98 Å². The number of imidazole rings is 1. The highest BCUT2D eigenvalue weighted by molar-refractivity contribution is 5.97. The summed E-state index contributed by atoms with van der Waals surface area (Å²) in [5, 5.41) is 2.97. The van der Waals surface area contributed by atoms with Gasteiger partial charge in [-0.15, -0.1) is 0 Å².